The van der Waals surface area contributed by atoms with Crippen LogP contribution in [0.1, 0.15) is 20.8 Å². The Hall–Kier alpha value is -3.17. The lowest BCUT2D eigenvalue weighted by atomic mass is 9.87. The molecule has 7 nitrogen and oxygen atoms in total. The molecule has 1 saturated heterocycles. The number of thiazole rings is 1. The Balaban J connectivity index is 1.35. The van der Waals surface area contributed by atoms with Gasteiger partial charge in [0.05, 0.1) is 16.9 Å². The number of thioether (sulfide) groups is 1. The Morgan fingerprint density at radius 2 is 1.88 bits per heavy atom. The summed E-state index contributed by atoms with van der Waals surface area (Å²) in [5.41, 5.74) is 2.65. The summed E-state index contributed by atoms with van der Waals surface area (Å²) in [4.78, 5) is 37.5. The maximum absolute atomic E-state index is 12.9. The van der Waals surface area contributed by atoms with Gasteiger partial charge in [-0.05, 0) is 17.7 Å². The normalized spacial score (nSPS) is 21.8. The van der Waals surface area contributed by atoms with E-state index in [0.717, 1.165) is 16.2 Å². The number of aliphatic imine (C=N–C) groups is 1. The monoisotopic (exact) mass is 478 g/mol. The van der Waals surface area contributed by atoms with Crippen LogP contribution in [0.5, 0.6) is 0 Å². The van der Waals surface area contributed by atoms with Gasteiger partial charge in [0.15, 0.2) is 5.17 Å². The molecule has 9 heteroatoms. The van der Waals surface area contributed by atoms with Crippen molar-refractivity contribution in [1.82, 2.24) is 15.2 Å². The molecule has 0 bridgehead atoms. The van der Waals surface area contributed by atoms with Gasteiger partial charge in [0, 0.05) is 30.0 Å². The molecule has 0 spiro atoms. The molecule has 33 heavy (non-hydrogen) atoms. The molecule has 5 rings (SSSR count). The van der Waals surface area contributed by atoms with Gasteiger partial charge in [-0.2, -0.15) is 0 Å². The summed E-state index contributed by atoms with van der Waals surface area (Å²) in [6.07, 6.45) is 1.46. The molecule has 0 aliphatic carbocycles. The second kappa shape index (κ2) is 9.36. The molecule has 0 saturated carbocycles. The van der Waals surface area contributed by atoms with Crippen LogP contribution in [0.15, 0.2) is 77.4 Å². The van der Waals surface area contributed by atoms with E-state index in [-0.39, 0.29) is 24.5 Å². The fraction of sp³-hybridized carbons (Fsp3) is 0.250. The molecular formula is C24H22N4O3S2. The zero-order valence-corrected chi connectivity index (χ0v) is 19.3. The third-order valence-electron chi connectivity index (χ3n) is 5.85. The molecule has 0 radical (unpaired) electrons. The number of fused-ring (bicyclic) bond motifs is 1. The number of carbonyl (C=O) groups excluding carboxylic acids is 2. The SMILES string of the molecule is O=C(NC1=N[C@@]2(c3cncs3)CN(C(=O)OCc3ccccc3)C[C@H]2CS1)c1ccccc1. The summed E-state index contributed by atoms with van der Waals surface area (Å²) in [5.74, 6) is 0.635. The van der Waals surface area contributed by atoms with E-state index in [1.165, 1.54) is 23.1 Å². The molecule has 168 valence electrons. The second-order valence-corrected chi connectivity index (χ2v) is 9.85. The highest BCUT2D eigenvalue weighted by Gasteiger charge is 2.53. The number of hydrogen-bond donors (Lipinski definition) is 1. The van der Waals surface area contributed by atoms with Crippen LogP contribution in [0.2, 0.25) is 0 Å². The fourth-order valence-corrected chi connectivity index (χ4v) is 6.12. The minimum absolute atomic E-state index is 0.101. The van der Waals surface area contributed by atoms with Gasteiger partial charge >= 0.3 is 6.09 Å². The Morgan fingerprint density at radius 1 is 1.12 bits per heavy atom. The Labute approximate surface area is 199 Å². The van der Waals surface area contributed by atoms with Gasteiger partial charge in [0.1, 0.15) is 12.1 Å². The smallest absolute Gasteiger partial charge is 0.410 e. The van der Waals surface area contributed by atoms with Crippen molar-refractivity contribution in [3.05, 3.63) is 88.4 Å². The minimum atomic E-state index is -0.641. The molecule has 2 amide bonds. The summed E-state index contributed by atoms with van der Waals surface area (Å²) < 4.78 is 5.58. The average molecular weight is 479 g/mol. The van der Waals surface area contributed by atoms with Gasteiger partial charge in [0.2, 0.25) is 0 Å². The van der Waals surface area contributed by atoms with E-state index in [1.807, 2.05) is 54.7 Å². The van der Waals surface area contributed by atoms with Crippen LogP contribution in [0.25, 0.3) is 0 Å². The number of aromatic nitrogens is 1. The summed E-state index contributed by atoms with van der Waals surface area (Å²) in [6.45, 7) is 1.16. The van der Waals surface area contributed by atoms with Crippen molar-refractivity contribution >= 4 is 40.3 Å². The molecular weight excluding hydrogens is 456 g/mol. The zero-order valence-electron chi connectivity index (χ0n) is 17.7. The van der Waals surface area contributed by atoms with Crippen LogP contribution < -0.4 is 5.32 Å². The van der Waals surface area contributed by atoms with Crippen molar-refractivity contribution < 1.29 is 14.3 Å². The third-order valence-corrected chi connectivity index (χ3v) is 7.82. The number of carbonyl (C=O) groups is 2. The molecule has 0 unspecified atom stereocenters. The van der Waals surface area contributed by atoms with Crippen molar-refractivity contribution in [1.29, 1.82) is 0 Å². The molecule has 2 aromatic carbocycles. The maximum atomic E-state index is 12.9. The van der Waals surface area contributed by atoms with Gasteiger partial charge in [-0.15, -0.1) is 11.3 Å². The topological polar surface area (TPSA) is 83.9 Å². The van der Waals surface area contributed by atoms with E-state index in [2.05, 4.69) is 10.3 Å². The molecule has 1 aromatic heterocycles. The van der Waals surface area contributed by atoms with Crippen LogP contribution >= 0.6 is 23.1 Å². The van der Waals surface area contributed by atoms with E-state index in [1.54, 1.807) is 22.5 Å². The first-order valence-corrected chi connectivity index (χ1v) is 12.4. The average Bonchev–Trinajstić information content (AvgIpc) is 3.53. The zero-order chi connectivity index (χ0) is 22.7. The van der Waals surface area contributed by atoms with Gasteiger partial charge in [-0.1, -0.05) is 60.3 Å². The van der Waals surface area contributed by atoms with Crippen molar-refractivity contribution in [3.8, 4) is 0 Å². The number of hydrogen-bond acceptors (Lipinski definition) is 7. The van der Waals surface area contributed by atoms with Gasteiger partial charge in [0.25, 0.3) is 5.91 Å². The number of nitrogens with one attached hydrogen (secondary N) is 1. The third kappa shape index (κ3) is 4.51. The Kier molecular flexibility index (Phi) is 6.15. The fourth-order valence-electron chi connectivity index (χ4n) is 4.15. The molecule has 2 atom stereocenters. The van der Waals surface area contributed by atoms with Crippen LogP contribution in [-0.4, -0.2) is 45.9 Å². The van der Waals surface area contributed by atoms with Crippen molar-refractivity contribution in [2.45, 2.75) is 12.1 Å². The predicted molar refractivity (Wildman–Crippen MR) is 129 cm³/mol. The standard InChI is InChI=1S/C24H22N4O3S2/c29-21(18-9-5-2-6-10-18)26-22-27-24(20-11-25-16-33-20)15-28(12-19(24)14-32-22)23(30)31-13-17-7-3-1-4-8-17/h1-11,16,19H,12-15H2,(H,26,27,29)/t19-,24-/m0/s1. The number of likely N-dealkylation sites (tertiary alicyclic amines) is 1. The summed E-state index contributed by atoms with van der Waals surface area (Å²) >= 11 is 3.02. The predicted octanol–water partition coefficient (Wildman–Crippen LogP) is 4.14. The lowest BCUT2D eigenvalue weighted by Crippen LogP contribution is -2.42. The molecule has 1 N–H and O–H groups in total. The first kappa shape index (κ1) is 21.7. The highest BCUT2D eigenvalue weighted by Crippen LogP contribution is 2.47. The molecule has 1 fully saturated rings. The van der Waals surface area contributed by atoms with E-state index in [4.69, 9.17) is 9.73 Å². The minimum Gasteiger partial charge on any atom is -0.445 e. The highest BCUT2D eigenvalue weighted by atomic mass is 32.2. The first-order chi connectivity index (χ1) is 16.1. The molecule has 3 heterocycles. The van der Waals surface area contributed by atoms with E-state index in [0.29, 0.717) is 23.8 Å². The van der Waals surface area contributed by atoms with E-state index >= 15 is 0 Å². The molecule has 2 aliphatic rings. The Bertz CT molecular complexity index is 1150. The van der Waals surface area contributed by atoms with Crippen molar-refractivity contribution in [2.75, 3.05) is 18.8 Å². The lowest BCUT2D eigenvalue weighted by molar-refractivity contribution is 0.0975. The van der Waals surface area contributed by atoms with Crippen LogP contribution in [0, 0.1) is 5.92 Å². The largest absolute Gasteiger partial charge is 0.445 e. The van der Waals surface area contributed by atoms with Crippen molar-refractivity contribution in [2.24, 2.45) is 10.9 Å². The van der Waals surface area contributed by atoms with E-state index in [9.17, 15) is 9.59 Å². The lowest BCUT2D eigenvalue weighted by Gasteiger charge is -2.33. The quantitative estimate of drug-likeness (QED) is 0.609. The van der Waals surface area contributed by atoms with Crippen molar-refractivity contribution in [3.63, 3.8) is 0 Å². The first-order valence-electron chi connectivity index (χ1n) is 10.6. The Morgan fingerprint density at radius 3 is 2.61 bits per heavy atom. The van der Waals surface area contributed by atoms with Gasteiger partial charge in [-0.3, -0.25) is 9.78 Å². The highest BCUT2D eigenvalue weighted by molar-refractivity contribution is 8.13. The number of ether oxygens (including phenoxy) is 1. The van der Waals surface area contributed by atoms with Gasteiger partial charge in [-0.25, -0.2) is 9.79 Å². The number of nitrogens with zero attached hydrogens (tertiary/aromatic N) is 3. The van der Waals surface area contributed by atoms with Crippen LogP contribution in [0.4, 0.5) is 4.79 Å². The summed E-state index contributed by atoms with van der Waals surface area (Å²) in [7, 11) is 0. The number of amides is 2. The van der Waals surface area contributed by atoms with E-state index < -0.39 is 5.54 Å². The van der Waals surface area contributed by atoms with Gasteiger partial charge < -0.3 is 15.0 Å². The summed E-state index contributed by atoms with van der Waals surface area (Å²) in [6, 6.07) is 18.7. The number of benzene rings is 2. The maximum Gasteiger partial charge on any atom is 0.410 e. The van der Waals surface area contributed by atoms with Crippen LogP contribution in [-0.2, 0) is 16.9 Å². The number of amidine groups is 1. The molecule has 2 aliphatic heterocycles. The second-order valence-electron chi connectivity index (χ2n) is 7.96. The van der Waals surface area contributed by atoms with Crippen LogP contribution in [0.3, 0.4) is 0 Å². The summed E-state index contributed by atoms with van der Waals surface area (Å²) in [5, 5.41) is 3.51. The molecule has 3 aromatic rings. The number of rotatable bonds is 4.